The Balaban J connectivity index is 1.58. The average molecular weight is 408 g/mol. The third kappa shape index (κ3) is 4.15. The summed E-state index contributed by atoms with van der Waals surface area (Å²) in [5.41, 5.74) is 4.89. The number of carbonyl (C=O) groups is 1. The second-order valence-electron chi connectivity index (χ2n) is 6.85. The number of carbonyl (C=O) groups excluding carboxylic acids is 1. The van der Waals surface area contributed by atoms with Gasteiger partial charge in [-0.2, -0.15) is 0 Å². The molecule has 29 heavy (non-hydrogen) atoms. The van der Waals surface area contributed by atoms with Gasteiger partial charge in [0.15, 0.2) is 0 Å². The zero-order chi connectivity index (χ0) is 20.4. The maximum atomic E-state index is 13.3. The molecule has 4 rings (SSSR count). The van der Waals surface area contributed by atoms with Crippen LogP contribution in [0.1, 0.15) is 17.7 Å². The van der Waals surface area contributed by atoms with E-state index in [4.69, 9.17) is 11.6 Å². The molecule has 0 aliphatic rings. The lowest BCUT2D eigenvalue weighted by Gasteiger charge is -2.08. The number of imidazole rings is 1. The van der Waals surface area contributed by atoms with E-state index in [2.05, 4.69) is 10.3 Å². The number of halogens is 2. The first-order valence-corrected chi connectivity index (χ1v) is 9.67. The predicted molar refractivity (Wildman–Crippen MR) is 114 cm³/mol. The van der Waals surface area contributed by atoms with Crippen molar-refractivity contribution in [1.82, 2.24) is 9.38 Å². The number of benzene rings is 2. The van der Waals surface area contributed by atoms with E-state index >= 15 is 0 Å². The highest BCUT2D eigenvalue weighted by Crippen LogP contribution is 2.26. The number of amides is 1. The van der Waals surface area contributed by atoms with E-state index in [1.807, 2.05) is 47.9 Å². The maximum Gasteiger partial charge on any atom is 0.224 e. The Hall–Kier alpha value is -3.18. The van der Waals surface area contributed by atoms with Crippen molar-refractivity contribution in [2.75, 3.05) is 5.32 Å². The quantitative estimate of drug-likeness (QED) is 0.463. The number of nitrogens with one attached hydrogen (secondary N) is 1. The van der Waals surface area contributed by atoms with Gasteiger partial charge in [0.25, 0.3) is 0 Å². The molecule has 1 amide bonds. The number of hydrogen-bond acceptors (Lipinski definition) is 2. The van der Waals surface area contributed by atoms with Crippen LogP contribution in [0.5, 0.6) is 0 Å². The molecular formula is C23H19ClFN3O. The van der Waals surface area contributed by atoms with Crippen LogP contribution in [0.25, 0.3) is 16.9 Å². The highest BCUT2D eigenvalue weighted by Gasteiger charge is 2.15. The molecule has 1 N–H and O–H groups in total. The lowest BCUT2D eigenvalue weighted by atomic mass is 10.1. The molecule has 2 heterocycles. The van der Waals surface area contributed by atoms with Crippen LogP contribution in [-0.4, -0.2) is 15.3 Å². The summed E-state index contributed by atoms with van der Waals surface area (Å²) in [5, 5.41) is 3.50. The van der Waals surface area contributed by atoms with Crippen molar-refractivity contribution in [3.8, 4) is 11.3 Å². The second-order valence-corrected chi connectivity index (χ2v) is 7.26. The molecule has 0 radical (unpaired) electrons. The van der Waals surface area contributed by atoms with Crippen LogP contribution in [0.3, 0.4) is 0 Å². The number of aromatic nitrogens is 2. The Bertz CT molecular complexity index is 1180. The largest absolute Gasteiger partial charge is 0.326 e. The highest BCUT2D eigenvalue weighted by molar-refractivity contribution is 6.31. The summed E-state index contributed by atoms with van der Waals surface area (Å²) < 4.78 is 15.3. The van der Waals surface area contributed by atoms with E-state index in [0.29, 0.717) is 17.1 Å². The molecule has 2 aromatic carbocycles. The molecule has 6 heteroatoms. The van der Waals surface area contributed by atoms with Gasteiger partial charge in [-0.05, 0) is 67.4 Å². The number of hydrogen-bond donors (Lipinski definition) is 1. The smallest absolute Gasteiger partial charge is 0.224 e. The summed E-state index contributed by atoms with van der Waals surface area (Å²) >= 11 is 6.13. The van der Waals surface area contributed by atoms with Crippen LogP contribution in [0, 0.1) is 12.7 Å². The van der Waals surface area contributed by atoms with E-state index in [9.17, 15) is 9.18 Å². The molecular weight excluding hydrogens is 389 g/mol. The molecule has 0 bridgehead atoms. The Morgan fingerprint density at radius 2 is 1.93 bits per heavy atom. The summed E-state index contributed by atoms with van der Waals surface area (Å²) in [6.07, 6.45) is 2.69. The minimum atomic E-state index is -0.296. The SMILES string of the molecule is Cc1ccc(NC(=O)CCc2c(-c3ccc(F)cc3)nc3ccccn23)cc1Cl. The van der Waals surface area contributed by atoms with Gasteiger partial charge in [0.1, 0.15) is 11.5 Å². The maximum absolute atomic E-state index is 13.3. The zero-order valence-corrected chi connectivity index (χ0v) is 16.6. The first kappa shape index (κ1) is 19.2. The van der Waals surface area contributed by atoms with Crippen LogP contribution < -0.4 is 5.32 Å². The molecule has 4 nitrogen and oxygen atoms in total. The molecule has 0 fully saturated rings. The van der Waals surface area contributed by atoms with Crippen molar-refractivity contribution in [3.05, 3.63) is 89.0 Å². The number of pyridine rings is 1. The zero-order valence-electron chi connectivity index (χ0n) is 15.8. The number of anilines is 1. The molecule has 2 aromatic heterocycles. The standard InChI is InChI=1S/C23H19ClFN3O/c1-15-5-10-18(14-19(15)24)26-22(29)12-11-20-23(16-6-8-17(25)9-7-16)27-21-4-2-3-13-28(20)21/h2-10,13-14H,11-12H2,1H3,(H,26,29). The molecule has 146 valence electrons. The van der Waals surface area contributed by atoms with Crippen LogP contribution in [0.2, 0.25) is 5.02 Å². The Morgan fingerprint density at radius 3 is 2.69 bits per heavy atom. The first-order chi connectivity index (χ1) is 14.0. The summed E-state index contributed by atoms with van der Waals surface area (Å²) in [6, 6.07) is 17.4. The minimum Gasteiger partial charge on any atom is -0.326 e. The van der Waals surface area contributed by atoms with E-state index in [1.165, 1.54) is 12.1 Å². The summed E-state index contributed by atoms with van der Waals surface area (Å²) in [5.74, 6) is -0.406. The molecule has 0 saturated carbocycles. The predicted octanol–water partition coefficient (Wildman–Crippen LogP) is 5.67. The molecule has 0 saturated heterocycles. The lowest BCUT2D eigenvalue weighted by molar-refractivity contribution is -0.116. The van der Waals surface area contributed by atoms with Crippen molar-refractivity contribution in [2.24, 2.45) is 0 Å². The molecule has 0 spiro atoms. The first-order valence-electron chi connectivity index (χ1n) is 9.29. The van der Waals surface area contributed by atoms with Gasteiger partial charge in [0.2, 0.25) is 5.91 Å². The van der Waals surface area contributed by atoms with Crippen molar-refractivity contribution in [1.29, 1.82) is 0 Å². The van der Waals surface area contributed by atoms with Gasteiger partial charge in [-0.3, -0.25) is 4.79 Å². The Morgan fingerprint density at radius 1 is 1.14 bits per heavy atom. The summed E-state index contributed by atoms with van der Waals surface area (Å²) in [4.78, 5) is 17.2. The van der Waals surface area contributed by atoms with Gasteiger partial charge >= 0.3 is 0 Å². The van der Waals surface area contributed by atoms with E-state index < -0.39 is 0 Å². The fourth-order valence-corrected chi connectivity index (χ4v) is 3.43. The number of fused-ring (bicyclic) bond motifs is 1. The number of aryl methyl sites for hydroxylation is 2. The lowest BCUT2D eigenvalue weighted by Crippen LogP contribution is -2.13. The van der Waals surface area contributed by atoms with E-state index in [1.54, 1.807) is 18.2 Å². The Kier molecular flexibility index (Phi) is 5.32. The van der Waals surface area contributed by atoms with Gasteiger partial charge in [0.05, 0.1) is 11.4 Å². The highest BCUT2D eigenvalue weighted by atomic mass is 35.5. The van der Waals surface area contributed by atoms with Crippen LogP contribution in [0.4, 0.5) is 10.1 Å². The van der Waals surface area contributed by atoms with Crippen LogP contribution >= 0.6 is 11.6 Å². The van der Waals surface area contributed by atoms with E-state index in [-0.39, 0.29) is 18.1 Å². The minimum absolute atomic E-state index is 0.110. The van der Waals surface area contributed by atoms with Gasteiger partial charge in [0, 0.05) is 28.9 Å². The van der Waals surface area contributed by atoms with Crippen molar-refractivity contribution in [3.63, 3.8) is 0 Å². The normalized spacial score (nSPS) is 11.0. The molecule has 0 aliphatic carbocycles. The van der Waals surface area contributed by atoms with Gasteiger partial charge in [-0.15, -0.1) is 0 Å². The molecule has 4 aromatic rings. The molecule has 0 aliphatic heterocycles. The topological polar surface area (TPSA) is 46.4 Å². The summed E-state index contributed by atoms with van der Waals surface area (Å²) in [7, 11) is 0. The second kappa shape index (κ2) is 8.05. The number of rotatable bonds is 5. The van der Waals surface area contributed by atoms with Crippen molar-refractivity contribution in [2.45, 2.75) is 19.8 Å². The third-order valence-electron chi connectivity index (χ3n) is 4.79. The monoisotopic (exact) mass is 407 g/mol. The fourth-order valence-electron chi connectivity index (χ4n) is 3.25. The average Bonchev–Trinajstić information content (AvgIpc) is 3.08. The van der Waals surface area contributed by atoms with Crippen molar-refractivity contribution < 1.29 is 9.18 Å². The number of nitrogens with zero attached hydrogens (tertiary/aromatic N) is 2. The Labute approximate surface area is 173 Å². The molecule has 0 unspecified atom stereocenters. The molecule has 0 atom stereocenters. The van der Waals surface area contributed by atoms with Crippen LogP contribution in [0.15, 0.2) is 66.9 Å². The van der Waals surface area contributed by atoms with Crippen molar-refractivity contribution >= 4 is 28.8 Å². The fraction of sp³-hybridized carbons (Fsp3) is 0.130. The van der Waals surface area contributed by atoms with Crippen LogP contribution in [-0.2, 0) is 11.2 Å². The van der Waals surface area contributed by atoms with Gasteiger partial charge in [-0.1, -0.05) is 23.7 Å². The third-order valence-corrected chi connectivity index (χ3v) is 5.20. The van der Waals surface area contributed by atoms with E-state index in [0.717, 1.165) is 28.2 Å². The van der Waals surface area contributed by atoms with Gasteiger partial charge < -0.3 is 9.72 Å². The van der Waals surface area contributed by atoms with Gasteiger partial charge in [-0.25, -0.2) is 9.37 Å². The summed E-state index contributed by atoms with van der Waals surface area (Å²) in [6.45, 7) is 1.91.